The Morgan fingerprint density at radius 3 is 2.07 bits per heavy atom. The highest BCUT2D eigenvalue weighted by atomic mass is 16.5. The van der Waals surface area contributed by atoms with Crippen LogP contribution < -0.4 is 5.32 Å². The van der Waals surface area contributed by atoms with Crippen LogP contribution in [0.15, 0.2) is 78.9 Å². The van der Waals surface area contributed by atoms with Crippen molar-refractivity contribution >= 4 is 18.0 Å². The normalized spacial score (nSPS) is 18.4. The van der Waals surface area contributed by atoms with E-state index in [1.807, 2.05) is 42.5 Å². The van der Waals surface area contributed by atoms with Crippen molar-refractivity contribution in [2.45, 2.75) is 62.7 Å². The Morgan fingerprint density at radius 2 is 1.50 bits per heavy atom. The van der Waals surface area contributed by atoms with Gasteiger partial charge in [-0.05, 0) is 60.4 Å². The van der Waals surface area contributed by atoms with Crippen LogP contribution in [0.25, 0.3) is 11.1 Å². The van der Waals surface area contributed by atoms with Crippen molar-refractivity contribution < 1.29 is 24.2 Å². The third-order valence-electron chi connectivity index (χ3n) is 9.00. The second-order valence-corrected chi connectivity index (χ2v) is 11.8. The fourth-order valence-corrected chi connectivity index (χ4v) is 6.53. The highest BCUT2D eigenvalue weighted by Gasteiger charge is 2.50. The van der Waals surface area contributed by atoms with Crippen LogP contribution in [0, 0.1) is 0 Å². The van der Waals surface area contributed by atoms with Gasteiger partial charge in [-0.2, -0.15) is 0 Å². The smallest absolute Gasteiger partial charge is 0.408 e. The fraction of sp³-hybridized carbons (Fsp3) is 0.382. The van der Waals surface area contributed by atoms with Crippen molar-refractivity contribution in [2.24, 2.45) is 0 Å². The first-order valence-corrected chi connectivity index (χ1v) is 14.8. The molecule has 0 radical (unpaired) electrons. The van der Waals surface area contributed by atoms with Crippen molar-refractivity contribution in [3.05, 3.63) is 95.6 Å². The maximum atomic E-state index is 14.2. The summed E-state index contributed by atoms with van der Waals surface area (Å²) in [6.07, 6.45) is 1.63. The summed E-state index contributed by atoms with van der Waals surface area (Å²) in [6, 6.07) is 25.3. The molecule has 2 amide bonds. The number of hydrogen-bond acceptors (Lipinski definition) is 5. The van der Waals surface area contributed by atoms with Crippen LogP contribution in [-0.4, -0.2) is 70.2 Å². The number of aliphatic carboxylic acids is 1. The first-order chi connectivity index (χ1) is 20.4. The van der Waals surface area contributed by atoms with Gasteiger partial charge in [0.25, 0.3) is 0 Å². The average Bonchev–Trinajstić information content (AvgIpc) is 3.79. The number of carbonyl (C=O) groups excluding carboxylic acids is 2. The van der Waals surface area contributed by atoms with Crippen LogP contribution in [-0.2, 0) is 20.9 Å². The second-order valence-electron chi connectivity index (χ2n) is 11.8. The minimum absolute atomic E-state index is 0.0995. The number of alkyl carbamates (subject to hydrolysis) is 1. The highest BCUT2D eigenvalue weighted by molar-refractivity contribution is 5.93. The monoisotopic (exact) mass is 567 g/mol. The van der Waals surface area contributed by atoms with Gasteiger partial charge in [-0.1, -0.05) is 78.9 Å². The number of fused-ring (bicyclic) bond motifs is 3. The van der Waals surface area contributed by atoms with Crippen molar-refractivity contribution in [3.63, 3.8) is 0 Å². The van der Waals surface area contributed by atoms with Gasteiger partial charge in [0, 0.05) is 31.6 Å². The summed E-state index contributed by atoms with van der Waals surface area (Å²) in [6.45, 7) is 3.61. The van der Waals surface area contributed by atoms with E-state index >= 15 is 0 Å². The number of carboxylic acids is 1. The SMILES string of the molecule is CC(C(=O)O)N(C(=O)C1(NC(=O)OCC2c3ccccc3-c3ccccc32)CCN(Cc2ccccc2)CC1)C1CC1. The molecule has 1 saturated carbocycles. The number of amides is 2. The van der Waals surface area contributed by atoms with Gasteiger partial charge in [0.05, 0.1) is 0 Å². The molecule has 1 aliphatic heterocycles. The molecule has 0 bridgehead atoms. The van der Waals surface area contributed by atoms with Gasteiger partial charge in [-0.25, -0.2) is 9.59 Å². The molecule has 8 nitrogen and oxygen atoms in total. The van der Waals surface area contributed by atoms with Crippen LogP contribution in [0.4, 0.5) is 4.79 Å². The molecular formula is C34H37N3O5. The van der Waals surface area contributed by atoms with Crippen LogP contribution in [0.3, 0.4) is 0 Å². The molecule has 3 aliphatic rings. The quantitative estimate of drug-likeness (QED) is 0.377. The molecule has 2 fully saturated rings. The number of ether oxygens (including phenoxy) is 1. The fourth-order valence-electron chi connectivity index (χ4n) is 6.53. The van der Waals surface area contributed by atoms with E-state index in [1.54, 1.807) is 6.92 Å². The van der Waals surface area contributed by atoms with Gasteiger partial charge in [0.2, 0.25) is 5.91 Å². The molecule has 1 unspecified atom stereocenters. The molecule has 3 aromatic rings. The molecule has 3 aromatic carbocycles. The Morgan fingerprint density at radius 1 is 0.929 bits per heavy atom. The van der Waals surface area contributed by atoms with E-state index in [-0.39, 0.29) is 24.5 Å². The lowest BCUT2D eigenvalue weighted by atomic mass is 9.85. The van der Waals surface area contributed by atoms with E-state index in [2.05, 4.69) is 46.6 Å². The van der Waals surface area contributed by atoms with Crippen molar-refractivity contribution in [1.82, 2.24) is 15.1 Å². The molecular weight excluding hydrogens is 530 g/mol. The molecule has 1 atom stereocenters. The highest BCUT2D eigenvalue weighted by Crippen LogP contribution is 2.44. The molecule has 8 heteroatoms. The summed E-state index contributed by atoms with van der Waals surface area (Å²) >= 11 is 0. The maximum absolute atomic E-state index is 14.2. The van der Waals surface area contributed by atoms with E-state index in [0.717, 1.165) is 41.6 Å². The number of benzene rings is 3. The minimum atomic E-state index is -1.23. The minimum Gasteiger partial charge on any atom is -0.480 e. The summed E-state index contributed by atoms with van der Waals surface area (Å²) in [5.74, 6) is -1.47. The Hall–Kier alpha value is -4.17. The van der Waals surface area contributed by atoms with Gasteiger partial charge < -0.3 is 20.1 Å². The number of rotatable bonds is 9. The largest absolute Gasteiger partial charge is 0.480 e. The molecule has 6 rings (SSSR count). The molecule has 42 heavy (non-hydrogen) atoms. The summed E-state index contributed by atoms with van der Waals surface area (Å²) in [7, 11) is 0. The first kappa shape index (κ1) is 28.0. The number of hydrogen-bond donors (Lipinski definition) is 2. The number of nitrogens with zero attached hydrogens (tertiary/aromatic N) is 2. The zero-order chi connectivity index (χ0) is 29.3. The summed E-state index contributed by atoms with van der Waals surface area (Å²) < 4.78 is 5.85. The summed E-state index contributed by atoms with van der Waals surface area (Å²) in [4.78, 5) is 43.4. The van der Waals surface area contributed by atoms with Gasteiger partial charge in [-0.15, -0.1) is 0 Å². The zero-order valence-corrected chi connectivity index (χ0v) is 23.9. The van der Waals surface area contributed by atoms with Gasteiger partial charge in [0.1, 0.15) is 18.2 Å². The second kappa shape index (κ2) is 11.6. The number of carbonyl (C=O) groups is 3. The van der Waals surface area contributed by atoms with E-state index < -0.39 is 23.6 Å². The molecule has 0 spiro atoms. The van der Waals surface area contributed by atoms with Crippen LogP contribution >= 0.6 is 0 Å². The molecule has 1 saturated heterocycles. The lowest BCUT2D eigenvalue weighted by Gasteiger charge is -2.44. The predicted octanol–water partition coefficient (Wildman–Crippen LogP) is 5.02. The lowest BCUT2D eigenvalue weighted by molar-refractivity contribution is -0.154. The summed E-state index contributed by atoms with van der Waals surface area (Å²) in [5.41, 5.74) is 4.45. The van der Waals surface area contributed by atoms with Crippen molar-refractivity contribution in [3.8, 4) is 11.1 Å². The Bertz CT molecular complexity index is 1420. The average molecular weight is 568 g/mol. The van der Waals surface area contributed by atoms with Crippen LogP contribution in [0.2, 0.25) is 0 Å². The summed E-state index contributed by atoms with van der Waals surface area (Å²) in [5, 5.41) is 12.8. The van der Waals surface area contributed by atoms with Gasteiger partial charge in [0.15, 0.2) is 0 Å². The van der Waals surface area contributed by atoms with Crippen molar-refractivity contribution in [2.75, 3.05) is 19.7 Å². The van der Waals surface area contributed by atoms with Gasteiger partial charge >= 0.3 is 12.1 Å². The predicted molar refractivity (Wildman–Crippen MR) is 159 cm³/mol. The van der Waals surface area contributed by atoms with Crippen LogP contribution in [0.5, 0.6) is 0 Å². The van der Waals surface area contributed by atoms with E-state index in [1.165, 1.54) is 10.5 Å². The lowest BCUT2D eigenvalue weighted by Crippen LogP contribution is -2.65. The third-order valence-corrected chi connectivity index (χ3v) is 9.00. The van der Waals surface area contributed by atoms with Gasteiger partial charge in [-0.3, -0.25) is 9.69 Å². The van der Waals surface area contributed by atoms with E-state index in [0.29, 0.717) is 25.9 Å². The Balaban J connectivity index is 1.20. The standard InChI is InChI=1S/C34H37N3O5/c1-23(31(38)39)37(25-15-16-25)32(40)34(17-19-36(20-18-34)21-24-9-3-2-4-10-24)35-33(41)42-22-30-28-13-7-5-11-26(28)27-12-6-8-14-29(27)30/h2-14,23,25,30H,15-22H2,1H3,(H,35,41)(H,38,39). The van der Waals surface area contributed by atoms with Crippen molar-refractivity contribution in [1.29, 1.82) is 0 Å². The molecule has 0 aromatic heterocycles. The number of piperidine rings is 1. The molecule has 218 valence electrons. The van der Waals surface area contributed by atoms with E-state index in [9.17, 15) is 19.5 Å². The number of likely N-dealkylation sites (tertiary alicyclic amines) is 1. The van der Waals surface area contributed by atoms with Crippen LogP contribution in [0.1, 0.15) is 55.2 Å². The topological polar surface area (TPSA) is 99.2 Å². The molecule has 2 N–H and O–H groups in total. The number of nitrogens with one attached hydrogen (secondary N) is 1. The molecule has 2 aliphatic carbocycles. The third kappa shape index (κ3) is 5.51. The Kier molecular flexibility index (Phi) is 7.73. The maximum Gasteiger partial charge on any atom is 0.408 e. The first-order valence-electron chi connectivity index (χ1n) is 14.8. The molecule has 1 heterocycles. The number of carboxylic acid groups (broad SMARTS) is 1. The van der Waals surface area contributed by atoms with E-state index in [4.69, 9.17) is 4.74 Å². The zero-order valence-electron chi connectivity index (χ0n) is 23.9. The Labute approximate surface area is 246 Å².